The Hall–Kier alpha value is -6.51. The molecule has 79 heavy (non-hydrogen) atoms. The fraction of sp³-hybridized carbons (Fsp3) is 0.186. The Morgan fingerprint density at radius 1 is 0.544 bits per heavy atom. The Morgan fingerprint density at radius 3 is 1.66 bits per heavy atom. The number of halogens is 2. The quantitative estimate of drug-likeness (QED) is 0.0191. The number of carbonyl (C=O) groups is 3. The normalized spacial score (nSPS) is 13.3. The highest BCUT2D eigenvalue weighted by Crippen LogP contribution is 2.46. The second-order valence-electron chi connectivity index (χ2n) is 16.0. The van der Waals surface area contributed by atoms with Crippen LogP contribution in [0.4, 0.5) is 39.8 Å². The maximum Gasteiger partial charge on any atom is 0.297 e. The first kappa shape index (κ1) is 61.7. The van der Waals surface area contributed by atoms with Crippen molar-refractivity contribution in [3.63, 3.8) is 0 Å². The molecular formula is C43H39Cl2N7O21S6. The number of nitrogens with zero attached hydrogens (tertiary/aromatic N) is 4. The van der Waals surface area contributed by atoms with Crippen LogP contribution in [0.2, 0.25) is 0 Å². The average molecular weight is 1250 g/mol. The predicted octanol–water partition coefficient (Wildman–Crippen LogP) is 6.81. The van der Waals surface area contributed by atoms with Crippen LogP contribution in [0.1, 0.15) is 21.5 Å². The van der Waals surface area contributed by atoms with Gasteiger partial charge in [0.15, 0.2) is 33.7 Å². The molecule has 6 rings (SSSR count). The van der Waals surface area contributed by atoms with E-state index in [1.54, 1.807) is 0 Å². The van der Waals surface area contributed by atoms with Crippen molar-refractivity contribution in [2.24, 2.45) is 20.5 Å². The minimum absolute atomic E-state index is 0.0242. The molecule has 0 heterocycles. The van der Waals surface area contributed by atoms with Gasteiger partial charge >= 0.3 is 0 Å². The Labute approximate surface area is 462 Å². The van der Waals surface area contributed by atoms with Crippen LogP contribution >= 0.6 is 23.2 Å². The lowest BCUT2D eigenvalue weighted by Crippen LogP contribution is -2.22. The van der Waals surface area contributed by atoms with Gasteiger partial charge in [-0.15, -0.1) is 38.5 Å². The molecular weight excluding hydrogens is 1210 g/mol. The largest absolute Gasteiger partial charge is 0.505 e. The number of hydrogen-bond donors (Lipinski definition) is 9. The lowest BCUT2D eigenvalue weighted by molar-refractivity contribution is -0.114. The lowest BCUT2D eigenvalue weighted by atomic mass is 10.0. The van der Waals surface area contributed by atoms with Crippen LogP contribution < -0.4 is 16.0 Å². The molecule has 422 valence electrons. The number of fused-ring (bicyclic) bond motifs is 2. The van der Waals surface area contributed by atoms with Crippen LogP contribution in [-0.2, 0) is 80.6 Å². The molecule has 0 radical (unpaired) electrons. The van der Waals surface area contributed by atoms with Crippen LogP contribution in [0.5, 0.6) is 11.5 Å². The third-order valence-electron chi connectivity index (χ3n) is 10.5. The molecule has 36 heteroatoms. The van der Waals surface area contributed by atoms with Crippen molar-refractivity contribution in [2.75, 3.05) is 52.4 Å². The highest BCUT2D eigenvalue weighted by molar-refractivity contribution is 7.87. The molecule has 6 aromatic rings. The number of rotatable bonds is 22. The van der Waals surface area contributed by atoms with Crippen LogP contribution in [0.25, 0.3) is 21.5 Å². The minimum Gasteiger partial charge on any atom is -0.505 e. The van der Waals surface area contributed by atoms with Crippen molar-refractivity contribution < 1.29 is 93.3 Å². The summed E-state index contributed by atoms with van der Waals surface area (Å²) in [5.74, 6) is -6.39. The van der Waals surface area contributed by atoms with Gasteiger partial charge < -0.3 is 26.2 Å². The number of amides is 3. The first-order valence-corrected chi connectivity index (χ1v) is 30.8. The van der Waals surface area contributed by atoms with Crippen LogP contribution in [0.3, 0.4) is 0 Å². The molecule has 0 saturated carbocycles. The number of aromatic hydroxyl groups is 2. The molecule has 0 bridgehead atoms. The number of nitrogens with one attached hydrogen (secondary N) is 3. The number of anilines is 3. The molecule has 0 aliphatic rings. The predicted molar refractivity (Wildman–Crippen MR) is 286 cm³/mol. The Balaban J connectivity index is 1.27. The topological polar surface area (TPSA) is 447 Å². The molecule has 28 nitrogen and oxygen atoms in total. The Morgan fingerprint density at radius 2 is 1.10 bits per heavy atom. The number of benzene rings is 6. The molecule has 2 unspecified atom stereocenters. The summed E-state index contributed by atoms with van der Waals surface area (Å²) < 4.78 is 175. The molecule has 0 aliphatic carbocycles. The highest BCUT2D eigenvalue weighted by Gasteiger charge is 2.29. The van der Waals surface area contributed by atoms with E-state index in [2.05, 4.69) is 36.4 Å². The van der Waals surface area contributed by atoms with Gasteiger partial charge in [0.25, 0.3) is 46.4 Å². The molecule has 0 aromatic heterocycles. The number of aryl methyl sites for hydroxylation is 2. The fourth-order valence-corrected chi connectivity index (χ4v) is 11.6. The van der Waals surface area contributed by atoms with E-state index >= 15 is 0 Å². The monoisotopic (exact) mass is 1250 g/mol. The van der Waals surface area contributed by atoms with E-state index in [9.17, 15) is 84.9 Å². The number of azo groups is 2. The van der Waals surface area contributed by atoms with Crippen molar-refractivity contribution in [3.05, 3.63) is 89.5 Å². The summed E-state index contributed by atoms with van der Waals surface area (Å²) in [4.78, 5) is 34.6. The molecule has 0 aliphatic heterocycles. The van der Waals surface area contributed by atoms with E-state index in [0.29, 0.717) is 6.07 Å². The van der Waals surface area contributed by atoms with Gasteiger partial charge in [0, 0.05) is 50.2 Å². The number of hydrogen-bond acceptors (Lipinski definition) is 21. The minimum atomic E-state index is -5.40. The number of phenols is 2. The van der Waals surface area contributed by atoms with E-state index in [0.717, 1.165) is 48.5 Å². The van der Waals surface area contributed by atoms with Gasteiger partial charge in [0.05, 0.1) is 24.6 Å². The number of alkyl halides is 2. The van der Waals surface area contributed by atoms with Crippen LogP contribution in [0, 0.1) is 13.8 Å². The Bertz CT molecular complexity index is 4080. The van der Waals surface area contributed by atoms with Crippen LogP contribution in [-0.4, -0.2) is 125 Å². The SMILES string of the molecule is Cc1cc(N=Nc2c(C)cc3c(S(=O)(=O)O)cc(NC(=O)CS(=O)OCCCl)cc3c2O)c(S(=O)(=O)O)cc1NC(=O)c1ccc(N=Nc2c(S(=O)(=O)O)cc3c(S(=O)(=O)O)c(NC(=O)CS(=O)OCCCl)ccc3c2O)cc1. The molecule has 6 aromatic carbocycles. The summed E-state index contributed by atoms with van der Waals surface area (Å²) in [6.07, 6.45) is 0. The lowest BCUT2D eigenvalue weighted by Gasteiger charge is -2.15. The van der Waals surface area contributed by atoms with Crippen molar-refractivity contribution in [1.82, 2.24) is 0 Å². The molecule has 0 fully saturated rings. The van der Waals surface area contributed by atoms with E-state index < -0.39 is 151 Å². The molecule has 2 atom stereocenters. The standard InChI is InChI=1S/C43H39Cl2N7O21S6/c1-21-14-32(50-51-38-22(2)13-27-28(41(38)56)15-25(16-33(27)76(60,61)62)46-36(53)19-74(58)72-11-9-44)34(77(63,64)65)18-31(21)48-43(57)23-3-5-24(6-4-23)49-52-39-35(78(66,67)68)17-29-26(40(39)55)7-8-30(42(29)79(69,70)71)47-37(54)20-75(59)73-12-10-45/h3-8,13-18,55-56H,9-12,19-20H2,1-2H3,(H,46,53)(H,47,54)(H,48,57)(H,60,61,62)(H,63,64,65)(H,66,67,68)(H,69,70,71). The summed E-state index contributed by atoms with van der Waals surface area (Å²) >= 11 is 6.61. The summed E-state index contributed by atoms with van der Waals surface area (Å²) in [6, 6.07) is 12.1. The second kappa shape index (κ2) is 24.9. The van der Waals surface area contributed by atoms with Gasteiger partial charge in [0.1, 0.15) is 48.1 Å². The van der Waals surface area contributed by atoms with Crippen molar-refractivity contribution in [1.29, 1.82) is 0 Å². The molecule has 0 spiro atoms. The zero-order chi connectivity index (χ0) is 58.5. The maximum absolute atomic E-state index is 13.5. The van der Waals surface area contributed by atoms with Crippen LogP contribution in [0.15, 0.2) is 113 Å². The zero-order valence-corrected chi connectivity index (χ0v) is 46.4. The third kappa shape index (κ3) is 15.2. The van der Waals surface area contributed by atoms with Crippen molar-refractivity contribution in [3.8, 4) is 11.5 Å². The van der Waals surface area contributed by atoms with Crippen molar-refractivity contribution in [2.45, 2.75) is 33.4 Å². The third-order valence-corrected chi connectivity index (χ3v) is 16.2. The summed E-state index contributed by atoms with van der Waals surface area (Å²) in [5, 5.41) is 43.1. The van der Waals surface area contributed by atoms with E-state index in [-0.39, 0.29) is 75.2 Å². The first-order valence-electron chi connectivity index (χ1n) is 21.5. The van der Waals surface area contributed by atoms with Gasteiger partial charge in [-0.25, -0.2) is 8.42 Å². The number of phenolic OH excluding ortho intramolecular Hbond substituents is 2. The molecule has 9 N–H and O–H groups in total. The average Bonchev–Trinajstić information content (AvgIpc) is 3.40. The van der Waals surface area contributed by atoms with Crippen molar-refractivity contribution >= 4 is 165 Å². The summed E-state index contributed by atoms with van der Waals surface area (Å²) in [6.45, 7) is 2.39. The highest BCUT2D eigenvalue weighted by atomic mass is 35.5. The number of carbonyl (C=O) groups excluding carboxylic acids is 3. The zero-order valence-electron chi connectivity index (χ0n) is 40.0. The molecule has 0 saturated heterocycles. The second-order valence-corrected chi connectivity index (χ2v) is 24.6. The smallest absolute Gasteiger partial charge is 0.297 e. The Kier molecular flexibility index (Phi) is 19.4. The van der Waals surface area contributed by atoms with Gasteiger partial charge in [-0.05, 0) is 97.8 Å². The van der Waals surface area contributed by atoms with Gasteiger partial charge in [-0.3, -0.25) is 41.0 Å². The summed E-state index contributed by atoms with van der Waals surface area (Å²) in [7, 11) is -21.0. The fourth-order valence-electron chi connectivity index (χ4n) is 7.15. The van der Waals surface area contributed by atoms with E-state index in [1.807, 2.05) is 0 Å². The van der Waals surface area contributed by atoms with Gasteiger partial charge in [-0.1, -0.05) is 0 Å². The van der Waals surface area contributed by atoms with Gasteiger partial charge in [-0.2, -0.15) is 38.8 Å². The van der Waals surface area contributed by atoms with Gasteiger partial charge in [0.2, 0.25) is 11.8 Å². The maximum atomic E-state index is 13.5. The van der Waals surface area contributed by atoms with E-state index in [4.69, 9.17) is 31.6 Å². The first-order chi connectivity index (χ1) is 36.8. The van der Waals surface area contributed by atoms with E-state index in [1.165, 1.54) is 32.0 Å². The molecule has 3 amide bonds. The summed E-state index contributed by atoms with van der Waals surface area (Å²) in [5.41, 5.74) is -3.08.